The summed E-state index contributed by atoms with van der Waals surface area (Å²) in [5.41, 5.74) is -0.122. The third-order valence-corrected chi connectivity index (χ3v) is 1.70. The summed E-state index contributed by atoms with van der Waals surface area (Å²) in [4.78, 5) is 0. The van der Waals surface area contributed by atoms with Crippen LogP contribution in [0.4, 0.5) is 14.5 Å². The van der Waals surface area contributed by atoms with Gasteiger partial charge in [-0.25, -0.2) is 8.78 Å². The molecule has 0 aromatic heterocycles. The van der Waals surface area contributed by atoms with E-state index >= 15 is 0 Å². The van der Waals surface area contributed by atoms with E-state index in [0.29, 0.717) is 4.48 Å². The van der Waals surface area contributed by atoms with Gasteiger partial charge in [-0.05, 0) is 12.1 Å². The fourth-order valence-electron chi connectivity index (χ4n) is 0.851. The number of halogens is 3. The third kappa shape index (κ3) is 2.81. The molecular formula is C9H8BrF2N. The molecule has 0 aliphatic rings. The summed E-state index contributed by atoms with van der Waals surface area (Å²) in [6, 6.07) is 3.71. The highest BCUT2D eigenvalue weighted by molar-refractivity contribution is 9.11. The molecule has 70 valence electrons. The minimum atomic E-state index is -0.603. The zero-order chi connectivity index (χ0) is 9.84. The Morgan fingerprint density at radius 3 is 2.38 bits per heavy atom. The summed E-state index contributed by atoms with van der Waals surface area (Å²) >= 11 is 3.08. The summed E-state index contributed by atoms with van der Waals surface area (Å²) in [7, 11) is 0. The number of benzene rings is 1. The summed E-state index contributed by atoms with van der Waals surface area (Å²) in [5, 5.41) is 2.58. The first-order valence-electron chi connectivity index (χ1n) is 3.62. The van der Waals surface area contributed by atoms with E-state index in [1.54, 1.807) is 0 Å². The number of hydrogen-bond acceptors (Lipinski definition) is 1. The molecule has 4 heteroatoms. The Bertz CT molecular complexity index is 305. The molecule has 1 aromatic carbocycles. The average Bonchev–Trinajstić information content (AvgIpc) is 2.03. The molecule has 0 atom stereocenters. The first kappa shape index (κ1) is 10.2. The second kappa shape index (κ2) is 4.37. The third-order valence-electron chi connectivity index (χ3n) is 1.42. The van der Waals surface area contributed by atoms with E-state index < -0.39 is 11.6 Å². The van der Waals surface area contributed by atoms with Crippen LogP contribution in [0.1, 0.15) is 0 Å². The molecule has 1 rings (SSSR count). The Morgan fingerprint density at radius 1 is 1.38 bits per heavy atom. The topological polar surface area (TPSA) is 12.0 Å². The van der Waals surface area contributed by atoms with Gasteiger partial charge in [0.15, 0.2) is 0 Å². The second-order valence-corrected chi connectivity index (χ2v) is 3.59. The van der Waals surface area contributed by atoms with Gasteiger partial charge in [0.05, 0.1) is 0 Å². The Kier molecular flexibility index (Phi) is 3.42. The molecule has 0 aliphatic carbocycles. The van der Waals surface area contributed by atoms with Gasteiger partial charge in [-0.2, -0.15) is 0 Å². The normalized spacial score (nSPS) is 9.77. The molecule has 0 radical (unpaired) electrons. The maximum Gasteiger partial charge on any atom is 0.149 e. The predicted molar refractivity (Wildman–Crippen MR) is 52.9 cm³/mol. The van der Waals surface area contributed by atoms with Gasteiger partial charge < -0.3 is 5.32 Å². The lowest BCUT2D eigenvalue weighted by atomic mass is 10.3. The first-order valence-corrected chi connectivity index (χ1v) is 4.41. The van der Waals surface area contributed by atoms with Gasteiger partial charge in [0.1, 0.15) is 17.3 Å². The van der Waals surface area contributed by atoms with Crippen molar-refractivity contribution in [1.82, 2.24) is 0 Å². The fourth-order valence-corrected chi connectivity index (χ4v) is 0.991. The highest BCUT2D eigenvalue weighted by atomic mass is 79.9. The number of nitrogens with one attached hydrogen (secondary N) is 1. The zero-order valence-corrected chi connectivity index (χ0v) is 8.37. The number of para-hydroxylation sites is 1. The van der Waals surface area contributed by atoms with Crippen molar-refractivity contribution in [1.29, 1.82) is 0 Å². The van der Waals surface area contributed by atoms with Crippen LogP contribution in [0.2, 0.25) is 0 Å². The van der Waals surface area contributed by atoms with Crippen LogP contribution in [-0.4, -0.2) is 6.54 Å². The molecule has 0 spiro atoms. The van der Waals surface area contributed by atoms with E-state index in [4.69, 9.17) is 0 Å². The van der Waals surface area contributed by atoms with Crippen LogP contribution in [0, 0.1) is 11.6 Å². The lowest BCUT2D eigenvalue weighted by Crippen LogP contribution is -2.04. The van der Waals surface area contributed by atoms with E-state index in [2.05, 4.69) is 27.8 Å². The Morgan fingerprint density at radius 2 is 1.92 bits per heavy atom. The summed E-state index contributed by atoms with van der Waals surface area (Å²) in [6.45, 7) is 3.83. The summed E-state index contributed by atoms with van der Waals surface area (Å²) in [5.74, 6) is -1.21. The summed E-state index contributed by atoms with van der Waals surface area (Å²) in [6.07, 6.45) is 0. The van der Waals surface area contributed by atoms with Crippen LogP contribution < -0.4 is 5.32 Å². The van der Waals surface area contributed by atoms with Gasteiger partial charge in [-0.15, -0.1) is 0 Å². The van der Waals surface area contributed by atoms with Crippen LogP contribution in [0.25, 0.3) is 0 Å². The fraction of sp³-hybridized carbons (Fsp3) is 0.111. The Labute approximate surface area is 83.6 Å². The first-order chi connectivity index (χ1) is 6.11. The smallest absolute Gasteiger partial charge is 0.149 e. The highest BCUT2D eigenvalue weighted by Crippen LogP contribution is 2.18. The molecule has 13 heavy (non-hydrogen) atoms. The largest absolute Gasteiger partial charge is 0.376 e. The number of hydrogen-bond donors (Lipinski definition) is 1. The molecule has 0 aliphatic heterocycles. The van der Waals surface area contributed by atoms with Crippen molar-refractivity contribution in [2.75, 3.05) is 11.9 Å². The SMILES string of the molecule is C=C(Br)CNc1c(F)cccc1F. The monoisotopic (exact) mass is 247 g/mol. The quantitative estimate of drug-likeness (QED) is 0.865. The molecule has 0 unspecified atom stereocenters. The van der Waals surface area contributed by atoms with Crippen molar-refractivity contribution >= 4 is 21.6 Å². The molecule has 1 N–H and O–H groups in total. The van der Waals surface area contributed by atoms with Crippen LogP contribution in [0.15, 0.2) is 29.3 Å². The minimum Gasteiger partial charge on any atom is -0.376 e. The van der Waals surface area contributed by atoms with Gasteiger partial charge in [0, 0.05) is 11.0 Å². The van der Waals surface area contributed by atoms with E-state index in [0.717, 1.165) is 0 Å². The van der Waals surface area contributed by atoms with Crippen molar-refractivity contribution in [2.45, 2.75) is 0 Å². The van der Waals surface area contributed by atoms with Gasteiger partial charge in [-0.3, -0.25) is 0 Å². The van der Waals surface area contributed by atoms with Gasteiger partial charge in [0.25, 0.3) is 0 Å². The molecule has 0 bridgehead atoms. The van der Waals surface area contributed by atoms with Crippen LogP contribution in [0.5, 0.6) is 0 Å². The maximum atomic E-state index is 13.0. The standard InChI is InChI=1S/C9H8BrF2N/c1-6(10)5-13-9-7(11)3-2-4-8(9)12/h2-4,13H,1,5H2. The lowest BCUT2D eigenvalue weighted by molar-refractivity contribution is 0.589. The van der Waals surface area contributed by atoms with Crippen LogP contribution in [0.3, 0.4) is 0 Å². The van der Waals surface area contributed by atoms with Crippen LogP contribution in [-0.2, 0) is 0 Å². The Balaban J connectivity index is 2.81. The molecule has 0 heterocycles. The molecule has 1 aromatic rings. The van der Waals surface area contributed by atoms with Crippen LogP contribution >= 0.6 is 15.9 Å². The highest BCUT2D eigenvalue weighted by Gasteiger charge is 2.06. The van der Waals surface area contributed by atoms with Gasteiger partial charge in [0.2, 0.25) is 0 Å². The van der Waals surface area contributed by atoms with Crippen molar-refractivity contribution in [3.63, 3.8) is 0 Å². The van der Waals surface area contributed by atoms with Crippen molar-refractivity contribution in [2.24, 2.45) is 0 Å². The average molecular weight is 248 g/mol. The zero-order valence-electron chi connectivity index (χ0n) is 6.78. The van der Waals surface area contributed by atoms with E-state index in [1.165, 1.54) is 18.2 Å². The number of rotatable bonds is 3. The molecular weight excluding hydrogens is 240 g/mol. The predicted octanol–water partition coefficient (Wildman–Crippen LogP) is 3.29. The maximum absolute atomic E-state index is 13.0. The van der Waals surface area contributed by atoms with E-state index in [9.17, 15) is 8.78 Å². The molecule has 1 nitrogen and oxygen atoms in total. The lowest BCUT2D eigenvalue weighted by Gasteiger charge is -2.06. The minimum absolute atomic E-state index is 0.122. The van der Waals surface area contributed by atoms with Gasteiger partial charge in [-0.1, -0.05) is 28.6 Å². The molecule has 0 saturated heterocycles. The van der Waals surface area contributed by atoms with E-state index in [-0.39, 0.29) is 12.2 Å². The van der Waals surface area contributed by atoms with Crippen molar-refractivity contribution in [3.05, 3.63) is 40.9 Å². The van der Waals surface area contributed by atoms with E-state index in [1.807, 2.05) is 0 Å². The molecule has 0 fully saturated rings. The molecule has 0 amide bonds. The summed E-state index contributed by atoms with van der Waals surface area (Å²) < 4.78 is 26.5. The van der Waals surface area contributed by atoms with Crippen molar-refractivity contribution in [3.8, 4) is 0 Å². The van der Waals surface area contributed by atoms with Gasteiger partial charge >= 0.3 is 0 Å². The Hall–Kier alpha value is -0.900. The molecule has 0 saturated carbocycles. The second-order valence-electron chi connectivity index (χ2n) is 2.47. The van der Waals surface area contributed by atoms with Crippen molar-refractivity contribution < 1.29 is 8.78 Å². The number of anilines is 1.